The second kappa shape index (κ2) is 6.18. The fraction of sp³-hybridized carbons (Fsp3) is 0.600. The molecule has 0 aliphatic carbocycles. The first kappa shape index (κ1) is 14.0. The first-order chi connectivity index (χ1) is 8.58. The second-order valence-corrected chi connectivity index (χ2v) is 6.38. The standard InChI is InChI=1S/C15H23BrN2/c1-11(17)13-7-9-18(10-8-13)12(2)14-3-5-15(16)6-4-14/h3-6,11-13H,7-10,17H2,1-2H3. The molecular formula is C15H23BrN2. The van der Waals surface area contributed by atoms with Crippen LogP contribution in [0.25, 0.3) is 0 Å². The summed E-state index contributed by atoms with van der Waals surface area (Å²) in [4.78, 5) is 2.57. The molecule has 0 radical (unpaired) electrons. The molecule has 1 heterocycles. The highest BCUT2D eigenvalue weighted by atomic mass is 79.9. The van der Waals surface area contributed by atoms with E-state index in [1.807, 2.05) is 0 Å². The van der Waals surface area contributed by atoms with Crippen molar-refractivity contribution < 1.29 is 0 Å². The number of piperidine rings is 1. The number of rotatable bonds is 3. The van der Waals surface area contributed by atoms with Crippen LogP contribution < -0.4 is 5.73 Å². The van der Waals surface area contributed by atoms with E-state index in [0.29, 0.717) is 18.0 Å². The minimum absolute atomic E-state index is 0.343. The number of likely N-dealkylation sites (tertiary alicyclic amines) is 1. The Kier molecular flexibility index (Phi) is 4.82. The summed E-state index contributed by atoms with van der Waals surface area (Å²) in [6.07, 6.45) is 2.47. The topological polar surface area (TPSA) is 29.3 Å². The molecule has 1 fully saturated rings. The Morgan fingerprint density at radius 1 is 1.17 bits per heavy atom. The molecule has 0 bridgehead atoms. The third kappa shape index (κ3) is 3.34. The lowest BCUT2D eigenvalue weighted by Crippen LogP contribution is -2.40. The van der Waals surface area contributed by atoms with Crippen LogP contribution in [0.5, 0.6) is 0 Å². The van der Waals surface area contributed by atoms with E-state index in [-0.39, 0.29) is 0 Å². The van der Waals surface area contributed by atoms with Gasteiger partial charge in [-0.2, -0.15) is 0 Å². The van der Waals surface area contributed by atoms with Crippen molar-refractivity contribution in [2.24, 2.45) is 11.7 Å². The molecule has 3 heteroatoms. The molecule has 1 aliphatic rings. The Morgan fingerprint density at radius 3 is 2.22 bits per heavy atom. The van der Waals surface area contributed by atoms with E-state index in [1.165, 1.54) is 31.5 Å². The Labute approximate surface area is 119 Å². The fourth-order valence-corrected chi connectivity index (χ4v) is 3.05. The number of nitrogens with zero attached hydrogens (tertiary/aromatic N) is 1. The van der Waals surface area contributed by atoms with Gasteiger partial charge in [-0.25, -0.2) is 0 Å². The minimum Gasteiger partial charge on any atom is -0.328 e. The molecule has 1 aliphatic heterocycles. The van der Waals surface area contributed by atoms with Gasteiger partial charge in [0.1, 0.15) is 0 Å². The zero-order chi connectivity index (χ0) is 13.1. The van der Waals surface area contributed by atoms with E-state index in [2.05, 4.69) is 58.9 Å². The first-order valence-corrected chi connectivity index (χ1v) is 7.62. The Bertz CT molecular complexity index is 367. The average Bonchev–Trinajstić information content (AvgIpc) is 2.39. The van der Waals surface area contributed by atoms with Gasteiger partial charge in [0.05, 0.1) is 0 Å². The third-order valence-electron chi connectivity index (χ3n) is 4.22. The molecule has 0 spiro atoms. The van der Waals surface area contributed by atoms with Crippen LogP contribution in [0.15, 0.2) is 28.7 Å². The van der Waals surface area contributed by atoms with Gasteiger partial charge in [0.15, 0.2) is 0 Å². The highest BCUT2D eigenvalue weighted by Gasteiger charge is 2.25. The Balaban J connectivity index is 1.95. The van der Waals surface area contributed by atoms with Gasteiger partial charge in [0.2, 0.25) is 0 Å². The smallest absolute Gasteiger partial charge is 0.0319 e. The molecule has 0 saturated carbocycles. The summed E-state index contributed by atoms with van der Waals surface area (Å²) in [5.41, 5.74) is 7.39. The average molecular weight is 311 g/mol. The van der Waals surface area contributed by atoms with E-state index >= 15 is 0 Å². The van der Waals surface area contributed by atoms with Crippen molar-refractivity contribution in [2.75, 3.05) is 13.1 Å². The van der Waals surface area contributed by atoms with Crippen LogP contribution in [0.4, 0.5) is 0 Å². The molecule has 2 unspecified atom stereocenters. The maximum absolute atomic E-state index is 5.99. The SMILES string of the molecule is CC(N)C1CCN(C(C)c2ccc(Br)cc2)CC1. The van der Waals surface area contributed by atoms with Crippen LogP contribution >= 0.6 is 15.9 Å². The van der Waals surface area contributed by atoms with Crippen LogP contribution in [-0.2, 0) is 0 Å². The van der Waals surface area contributed by atoms with Crippen LogP contribution in [0.3, 0.4) is 0 Å². The minimum atomic E-state index is 0.343. The second-order valence-electron chi connectivity index (χ2n) is 5.46. The van der Waals surface area contributed by atoms with E-state index in [1.54, 1.807) is 0 Å². The lowest BCUT2D eigenvalue weighted by atomic mass is 9.90. The zero-order valence-electron chi connectivity index (χ0n) is 11.3. The van der Waals surface area contributed by atoms with Crippen LogP contribution in [0.2, 0.25) is 0 Å². The Morgan fingerprint density at radius 2 is 1.72 bits per heavy atom. The lowest BCUT2D eigenvalue weighted by molar-refractivity contribution is 0.132. The fourth-order valence-electron chi connectivity index (χ4n) is 2.78. The van der Waals surface area contributed by atoms with E-state index in [0.717, 1.165) is 4.47 Å². The van der Waals surface area contributed by atoms with Crippen LogP contribution in [0.1, 0.15) is 38.3 Å². The summed E-state index contributed by atoms with van der Waals surface area (Å²) in [5.74, 6) is 0.707. The summed E-state index contributed by atoms with van der Waals surface area (Å²) in [6, 6.07) is 9.53. The molecule has 1 aromatic rings. The number of hydrogen-bond donors (Lipinski definition) is 1. The van der Waals surface area contributed by atoms with E-state index in [9.17, 15) is 0 Å². The first-order valence-electron chi connectivity index (χ1n) is 6.83. The summed E-state index contributed by atoms with van der Waals surface area (Å²) >= 11 is 3.49. The number of halogens is 1. The van der Waals surface area contributed by atoms with Crippen LogP contribution in [-0.4, -0.2) is 24.0 Å². The van der Waals surface area contributed by atoms with Crippen molar-refractivity contribution >= 4 is 15.9 Å². The van der Waals surface area contributed by atoms with Crippen molar-refractivity contribution in [2.45, 2.75) is 38.8 Å². The van der Waals surface area contributed by atoms with Gasteiger partial charge >= 0.3 is 0 Å². The number of benzene rings is 1. The highest BCUT2D eigenvalue weighted by Crippen LogP contribution is 2.28. The Hall–Kier alpha value is -0.380. The van der Waals surface area contributed by atoms with Gasteiger partial charge in [-0.05, 0) is 63.4 Å². The molecule has 2 N–H and O–H groups in total. The van der Waals surface area contributed by atoms with Gasteiger partial charge in [-0.15, -0.1) is 0 Å². The van der Waals surface area contributed by atoms with E-state index in [4.69, 9.17) is 5.73 Å². The summed E-state index contributed by atoms with van der Waals surface area (Å²) in [7, 11) is 0. The predicted octanol–water partition coefficient (Wildman–Crippen LogP) is 3.57. The molecule has 1 aromatic carbocycles. The summed E-state index contributed by atoms with van der Waals surface area (Å²) in [5, 5.41) is 0. The largest absolute Gasteiger partial charge is 0.328 e. The molecule has 0 amide bonds. The molecule has 1 saturated heterocycles. The van der Waals surface area contributed by atoms with Gasteiger partial charge in [-0.3, -0.25) is 4.90 Å². The molecule has 2 atom stereocenters. The van der Waals surface area contributed by atoms with Gasteiger partial charge in [0, 0.05) is 16.6 Å². The zero-order valence-corrected chi connectivity index (χ0v) is 12.9. The normalized spacial score (nSPS) is 21.8. The van der Waals surface area contributed by atoms with E-state index < -0.39 is 0 Å². The monoisotopic (exact) mass is 310 g/mol. The third-order valence-corrected chi connectivity index (χ3v) is 4.75. The van der Waals surface area contributed by atoms with Gasteiger partial charge < -0.3 is 5.73 Å². The highest BCUT2D eigenvalue weighted by molar-refractivity contribution is 9.10. The molecule has 2 nitrogen and oxygen atoms in total. The maximum Gasteiger partial charge on any atom is 0.0319 e. The van der Waals surface area contributed by atoms with Gasteiger partial charge in [0.25, 0.3) is 0 Å². The molecule has 0 aromatic heterocycles. The predicted molar refractivity (Wildman–Crippen MR) is 80.5 cm³/mol. The molecule has 18 heavy (non-hydrogen) atoms. The van der Waals surface area contributed by atoms with Crippen molar-refractivity contribution in [1.82, 2.24) is 4.90 Å². The number of nitrogens with two attached hydrogens (primary N) is 1. The van der Waals surface area contributed by atoms with Crippen molar-refractivity contribution in [3.8, 4) is 0 Å². The molecular weight excluding hydrogens is 288 g/mol. The molecule has 2 rings (SSSR count). The lowest BCUT2D eigenvalue weighted by Gasteiger charge is -2.37. The quantitative estimate of drug-likeness (QED) is 0.924. The van der Waals surface area contributed by atoms with Crippen molar-refractivity contribution in [3.05, 3.63) is 34.3 Å². The summed E-state index contributed by atoms with van der Waals surface area (Å²) in [6.45, 7) is 6.78. The van der Waals surface area contributed by atoms with Crippen LogP contribution in [0, 0.1) is 5.92 Å². The maximum atomic E-state index is 5.99. The van der Waals surface area contributed by atoms with Crippen molar-refractivity contribution in [1.29, 1.82) is 0 Å². The number of hydrogen-bond acceptors (Lipinski definition) is 2. The summed E-state index contributed by atoms with van der Waals surface area (Å²) < 4.78 is 1.15. The van der Waals surface area contributed by atoms with Gasteiger partial charge in [-0.1, -0.05) is 28.1 Å². The molecule has 100 valence electrons. The van der Waals surface area contributed by atoms with Crippen molar-refractivity contribution in [3.63, 3.8) is 0 Å².